The van der Waals surface area contributed by atoms with Crippen molar-refractivity contribution < 1.29 is 14.1 Å². The van der Waals surface area contributed by atoms with Gasteiger partial charge in [0.05, 0.1) is 5.69 Å². The number of hydrogen-bond donors (Lipinski definition) is 2. The smallest absolute Gasteiger partial charge is 0.259 e. The van der Waals surface area contributed by atoms with Gasteiger partial charge in [0, 0.05) is 11.4 Å². The number of carbonyl (C=O) groups excluding carboxylic acids is 2. The molecular formula is C19H21N5O3. The Morgan fingerprint density at radius 2 is 1.52 bits per heavy atom. The molecule has 8 heteroatoms. The molecule has 140 valence electrons. The van der Waals surface area contributed by atoms with Gasteiger partial charge < -0.3 is 15.2 Å². The van der Waals surface area contributed by atoms with Gasteiger partial charge in [-0.25, -0.2) is 0 Å². The van der Waals surface area contributed by atoms with Crippen LogP contribution in [0.1, 0.15) is 27.7 Å². The number of carbonyl (C=O) groups is 2. The minimum Gasteiger partial charge on any atom is -0.339 e. The largest absolute Gasteiger partial charge is 0.339 e. The molecule has 0 spiro atoms. The van der Waals surface area contributed by atoms with Crippen LogP contribution < -0.4 is 10.6 Å². The molecule has 0 radical (unpaired) electrons. The summed E-state index contributed by atoms with van der Waals surface area (Å²) in [5, 5.41) is 18.3. The molecule has 0 saturated carbocycles. The molecule has 0 aliphatic rings. The summed E-state index contributed by atoms with van der Waals surface area (Å²) in [7, 11) is 0. The first kappa shape index (κ1) is 19.8. The lowest BCUT2D eigenvalue weighted by Gasteiger charge is -2.04. The van der Waals surface area contributed by atoms with Crippen molar-refractivity contribution >= 4 is 34.6 Å². The van der Waals surface area contributed by atoms with Crippen molar-refractivity contribution in [3.05, 3.63) is 53.9 Å². The van der Waals surface area contributed by atoms with E-state index < -0.39 is 0 Å². The molecule has 1 aromatic carbocycles. The van der Waals surface area contributed by atoms with Crippen LogP contribution in [0.4, 0.5) is 23.1 Å². The molecule has 0 saturated heterocycles. The number of allylic oxidation sites excluding steroid dienone is 4. The molecule has 0 aliphatic carbocycles. The summed E-state index contributed by atoms with van der Waals surface area (Å²) in [5.41, 5.74) is 2.11. The van der Waals surface area contributed by atoms with Crippen LogP contribution in [0.2, 0.25) is 0 Å². The molecule has 0 bridgehead atoms. The molecule has 2 aromatic rings. The van der Waals surface area contributed by atoms with Crippen LogP contribution in [-0.4, -0.2) is 16.7 Å². The van der Waals surface area contributed by atoms with Crippen LogP contribution in [0.3, 0.4) is 0 Å². The first-order valence-corrected chi connectivity index (χ1v) is 8.23. The zero-order valence-corrected chi connectivity index (χ0v) is 15.6. The van der Waals surface area contributed by atoms with E-state index in [9.17, 15) is 9.59 Å². The number of aromatic nitrogens is 1. The lowest BCUT2D eigenvalue weighted by molar-refractivity contribution is -0.113. The highest BCUT2D eigenvalue weighted by molar-refractivity contribution is 5.89. The summed E-state index contributed by atoms with van der Waals surface area (Å²) in [5.74, 6) is 0.311. The predicted molar refractivity (Wildman–Crippen MR) is 103 cm³/mol. The number of anilines is 2. The zero-order chi connectivity index (χ0) is 19.8. The summed E-state index contributed by atoms with van der Waals surface area (Å²) < 4.78 is 5.30. The monoisotopic (exact) mass is 367 g/mol. The minimum atomic E-state index is -0.106. The van der Waals surface area contributed by atoms with Gasteiger partial charge in [-0.05, 0) is 52.0 Å². The van der Waals surface area contributed by atoms with E-state index in [-0.39, 0.29) is 17.5 Å². The molecule has 0 atom stereocenters. The quantitative estimate of drug-likeness (QED) is 0.507. The van der Waals surface area contributed by atoms with Crippen molar-refractivity contribution in [1.29, 1.82) is 0 Å². The topological polar surface area (TPSA) is 109 Å². The molecule has 1 heterocycles. The van der Waals surface area contributed by atoms with Gasteiger partial charge in [0.2, 0.25) is 5.82 Å². The van der Waals surface area contributed by atoms with E-state index in [1.54, 1.807) is 26.0 Å². The van der Waals surface area contributed by atoms with Gasteiger partial charge in [-0.3, -0.25) is 9.59 Å². The summed E-state index contributed by atoms with van der Waals surface area (Å²) in [4.78, 5) is 22.5. The summed E-state index contributed by atoms with van der Waals surface area (Å²) in [6.07, 6.45) is 2.86. The van der Waals surface area contributed by atoms with Crippen LogP contribution >= 0.6 is 0 Å². The zero-order valence-electron chi connectivity index (χ0n) is 15.6. The van der Waals surface area contributed by atoms with Crippen molar-refractivity contribution in [3.8, 4) is 0 Å². The third-order valence-electron chi connectivity index (χ3n) is 3.16. The third-order valence-corrected chi connectivity index (χ3v) is 3.16. The van der Waals surface area contributed by atoms with Crippen LogP contribution in [0, 0.1) is 0 Å². The highest BCUT2D eigenvalue weighted by atomic mass is 16.5. The molecule has 8 nitrogen and oxygen atoms in total. The van der Waals surface area contributed by atoms with E-state index in [1.807, 2.05) is 18.2 Å². The Hall–Kier alpha value is -3.55. The Labute approximate surface area is 157 Å². The lowest BCUT2D eigenvalue weighted by Crippen LogP contribution is -1.99. The molecule has 2 rings (SSSR count). The Balaban J connectivity index is 2.37. The van der Waals surface area contributed by atoms with Crippen molar-refractivity contribution in [2.75, 3.05) is 10.6 Å². The molecule has 1 aromatic heterocycles. The molecule has 0 fully saturated rings. The van der Waals surface area contributed by atoms with Crippen LogP contribution in [0.15, 0.2) is 68.6 Å². The van der Waals surface area contributed by atoms with E-state index >= 15 is 0 Å². The third kappa shape index (κ3) is 6.35. The van der Waals surface area contributed by atoms with E-state index in [0.717, 1.165) is 0 Å². The van der Waals surface area contributed by atoms with E-state index in [0.29, 0.717) is 28.6 Å². The second-order valence-electron chi connectivity index (χ2n) is 5.87. The van der Waals surface area contributed by atoms with E-state index in [2.05, 4.69) is 26.0 Å². The number of ketones is 2. The summed E-state index contributed by atoms with van der Waals surface area (Å²) in [6.45, 7) is 6.34. The number of nitrogens with one attached hydrogen (secondary N) is 2. The fourth-order valence-corrected chi connectivity index (χ4v) is 2.19. The number of rotatable bonds is 8. The Kier molecular flexibility index (Phi) is 6.76. The summed E-state index contributed by atoms with van der Waals surface area (Å²) in [6, 6.07) is 9.18. The van der Waals surface area contributed by atoms with Gasteiger partial charge in [-0.15, -0.1) is 5.11 Å². The minimum absolute atomic E-state index is 0.102. The molecule has 0 amide bonds. The maximum atomic E-state index is 11.2. The van der Waals surface area contributed by atoms with Crippen LogP contribution in [0.5, 0.6) is 0 Å². The summed E-state index contributed by atoms with van der Waals surface area (Å²) >= 11 is 0. The van der Waals surface area contributed by atoms with Gasteiger partial charge in [-0.1, -0.05) is 23.4 Å². The van der Waals surface area contributed by atoms with Gasteiger partial charge in [0.25, 0.3) is 5.88 Å². The maximum Gasteiger partial charge on any atom is 0.259 e. The molecule has 27 heavy (non-hydrogen) atoms. The fourth-order valence-electron chi connectivity index (χ4n) is 2.19. The predicted octanol–water partition coefficient (Wildman–Crippen LogP) is 4.90. The Morgan fingerprint density at radius 1 is 0.926 bits per heavy atom. The molecule has 0 unspecified atom stereocenters. The average Bonchev–Trinajstić information content (AvgIpc) is 2.93. The van der Waals surface area contributed by atoms with Gasteiger partial charge in [0.15, 0.2) is 17.3 Å². The Bertz CT molecular complexity index is 861. The average molecular weight is 367 g/mol. The highest BCUT2D eigenvalue weighted by Gasteiger charge is 2.17. The Morgan fingerprint density at radius 3 is 2.11 bits per heavy atom. The molecule has 0 aliphatic heterocycles. The number of benzene rings is 1. The normalized spacial score (nSPS) is 12.3. The number of hydrogen-bond acceptors (Lipinski definition) is 8. The first-order chi connectivity index (χ1) is 12.8. The molecular weight excluding hydrogens is 346 g/mol. The SMILES string of the molecule is CC(=O)C=C(C)Nc1noc(NC(C)=CC(C)=O)c1N=Nc1ccccc1. The van der Waals surface area contributed by atoms with Crippen LogP contribution in [0.25, 0.3) is 0 Å². The standard InChI is InChI=1S/C19H21N5O3/c1-12(10-14(3)25)20-18-17(23-22-16-8-6-5-7-9-16)19(27-24-18)21-13(2)11-15(4)26/h5-11,21H,1-4H3,(H,20,24). The first-order valence-electron chi connectivity index (χ1n) is 8.23. The highest BCUT2D eigenvalue weighted by Crippen LogP contribution is 2.36. The molecule has 2 N–H and O–H groups in total. The second-order valence-corrected chi connectivity index (χ2v) is 5.87. The van der Waals surface area contributed by atoms with Gasteiger partial charge >= 0.3 is 0 Å². The van der Waals surface area contributed by atoms with Crippen molar-refractivity contribution in [1.82, 2.24) is 5.16 Å². The number of azo groups is 1. The number of nitrogens with zero attached hydrogens (tertiary/aromatic N) is 3. The maximum absolute atomic E-state index is 11.2. The second kappa shape index (κ2) is 9.23. The van der Waals surface area contributed by atoms with Gasteiger partial charge in [0.1, 0.15) is 0 Å². The van der Waals surface area contributed by atoms with Crippen LogP contribution in [-0.2, 0) is 9.59 Å². The van der Waals surface area contributed by atoms with Crippen molar-refractivity contribution in [2.24, 2.45) is 10.2 Å². The lowest BCUT2D eigenvalue weighted by atomic mass is 10.3. The van der Waals surface area contributed by atoms with E-state index in [1.165, 1.54) is 26.0 Å². The van der Waals surface area contributed by atoms with Crippen molar-refractivity contribution in [2.45, 2.75) is 27.7 Å². The van der Waals surface area contributed by atoms with Gasteiger partial charge in [-0.2, -0.15) is 5.11 Å². The fraction of sp³-hybridized carbons (Fsp3) is 0.211. The van der Waals surface area contributed by atoms with E-state index in [4.69, 9.17) is 4.52 Å². The van der Waals surface area contributed by atoms with Crippen molar-refractivity contribution in [3.63, 3.8) is 0 Å².